The number of nitrogens with zero attached hydrogens (tertiary/aromatic N) is 1. The summed E-state index contributed by atoms with van der Waals surface area (Å²) in [5.41, 5.74) is 0.754. The van der Waals surface area contributed by atoms with Crippen LogP contribution in [-0.4, -0.2) is 32.6 Å². The van der Waals surface area contributed by atoms with Gasteiger partial charge in [0.15, 0.2) is 5.54 Å². The molecule has 3 aromatic rings. The first-order valence-electron chi connectivity index (χ1n) is 11.0. The zero-order valence-corrected chi connectivity index (χ0v) is 20.3. The van der Waals surface area contributed by atoms with E-state index in [-0.39, 0.29) is 18.0 Å². The fourth-order valence-electron chi connectivity index (χ4n) is 3.49. The Morgan fingerprint density at radius 3 is 2.37 bits per heavy atom. The SMILES string of the molecule is CCc1ccc(OCCNS(=O)(=O)c2ccccc2)c(C(C)(Nc2ccc(C#N)cc2)C(=O)O)c1. The number of anilines is 1. The topological polar surface area (TPSA) is 129 Å². The van der Waals surface area contributed by atoms with Gasteiger partial charge in [0.2, 0.25) is 10.0 Å². The van der Waals surface area contributed by atoms with Gasteiger partial charge in [0.25, 0.3) is 0 Å². The molecule has 3 aromatic carbocycles. The summed E-state index contributed by atoms with van der Waals surface area (Å²) in [6, 6.07) is 21.8. The first kappa shape index (κ1) is 25.7. The van der Waals surface area contributed by atoms with Crippen LogP contribution < -0.4 is 14.8 Å². The normalized spacial score (nSPS) is 12.8. The minimum atomic E-state index is -3.68. The summed E-state index contributed by atoms with van der Waals surface area (Å²) >= 11 is 0. The second-order valence-electron chi connectivity index (χ2n) is 7.99. The average Bonchev–Trinajstić information content (AvgIpc) is 2.87. The Morgan fingerprint density at radius 2 is 1.77 bits per heavy atom. The Morgan fingerprint density at radius 1 is 1.09 bits per heavy atom. The fourth-order valence-corrected chi connectivity index (χ4v) is 4.52. The number of sulfonamides is 1. The maximum atomic E-state index is 12.5. The van der Waals surface area contributed by atoms with Crippen molar-refractivity contribution >= 4 is 21.7 Å². The molecule has 0 saturated heterocycles. The highest BCUT2D eigenvalue weighted by atomic mass is 32.2. The highest BCUT2D eigenvalue weighted by Gasteiger charge is 2.38. The summed E-state index contributed by atoms with van der Waals surface area (Å²) in [6.07, 6.45) is 0.691. The van der Waals surface area contributed by atoms with E-state index >= 15 is 0 Å². The van der Waals surface area contributed by atoms with Crippen LogP contribution in [-0.2, 0) is 26.8 Å². The van der Waals surface area contributed by atoms with E-state index in [4.69, 9.17) is 10.00 Å². The predicted molar refractivity (Wildman–Crippen MR) is 133 cm³/mol. The number of carboxylic acid groups (broad SMARTS) is 1. The van der Waals surface area contributed by atoms with E-state index in [1.165, 1.54) is 19.1 Å². The van der Waals surface area contributed by atoms with E-state index in [0.717, 1.165) is 5.56 Å². The lowest BCUT2D eigenvalue weighted by Gasteiger charge is -2.30. The number of carboxylic acids is 1. The van der Waals surface area contributed by atoms with Crippen molar-refractivity contribution in [2.24, 2.45) is 0 Å². The molecule has 9 heteroatoms. The van der Waals surface area contributed by atoms with Crippen molar-refractivity contribution in [2.75, 3.05) is 18.5 Å². The van der Waals surface area contributed by atoms with Crippen LogP contribution in [0.1, 0.15) is 30.5 Å². The summed E-state index contributed by atoms with van der Waals surface area (Å²) < 4.78 is 33.2. The molecule has 0 fully saturated rings. The van der Waals surface area contributed by atoms with Gasteiger partial charge in [-0.3, -0.25) is 0 Å². The largest absolute Gasteiger partial charge is 0.492 e. The zero-order chi connectivity index (χ0) is 25.5. The van der Waals surface area contributed by atoms with E-state index in [1.54, 1.807) is 54.6 Å². The number of aryl methyl sites for hydroxylation is 1. The molecule has 3 rings (SSSR count). The van der Waals surface area contributed by atoms with Crippen molar-refractivity contribution in [3.8, 4) is 11.8 Å². The van der Waals surface area contributed by atoms with E-state index in [2.05, 4.69) is 10.0 Å². The predicted octanol–water partition coefficient (Wildman–Crippen LogP) is 3.89. The molecule has 0 aromatic heterocycles. The standard InChI is InChI=1S/C26H27N3O5S/c1-3-19-11-14-24(34-16-15-28-35(32,33)22-7-5-4-6-8-22)23(17-19)26(2,25(30)31)29-21-12-9-20(18-27)10-13-21/h4-14,17,28-29H,3,15-16H2,1-2H3,(H,30,31). The summed E-state index contributed by atoms with van der Waals surface area (Å²) in [5, 5.41) is 22.2. The molecule has 0 amide bonds. The maximum Gasteiger partial charge on any atom is 0.333 e. The number of hydrogen-bond donors (Lipinski definition) is 3. The van der Waals surface area contributed by atoms with Crippen LogP contribution in [0.3, 0.4) is 0 Å². The quantitative estimate of drug-likeness (QED) is 0.346. The van der Waals surface area contributed by atoms with Crippen LogP contribution in [0.2, 0.25) is 0 Å². The van der Waals surface area contributed by atoms with Crippen molar-refractivity contribution in [3.05, 3.63) is 89.5 Å². The average molecular weight is 494 g/mol. The Balaban J connectivity index is 1.82. The van der Waals surface area contributed by atoms with Crippen molar-refractivity contribution in [2.45, 2.75) is 30.7 Å². The van der Waals surface area contributed by atoms with Crippen molar-refractivity contribution < 1.29 is 23.1 Å². The molecule has 1 unspecified atom stereocenters. The van der Waals surface area contributed by atoms with Crippen LogP contribution in [0.4, 0.5) is 5.69 Å². The minimum Gasteiger partial charge on any atom is -0.492 e. The van der Waals surface area contributed by atoms with Crippen LogP contribution in [0.25, 0.3) is 0 Å². The van der Waals surface area contributed by atoms with E-state index < -0.39 is 21.5 Å². The third kappa shape index (κ3) is 6.18. The van der Waals surface area contributed by atoms with Crippen LogP contribution in [0, 0.1) is 11.3 Å². The molecule has 0 bridgehead atoms. The Labute approximate surface area is 205 Å². The van der Waals surface area contributed by atoms with E-state index in [0.29, 0.717) is 29.0 Å². The number of carbonyl (C=O) groups is 1. The van der Waals surface area contributed by atoms with Gasteiger partial charge in [0.05, 0.1) is 16.5 Å². The molecule has 182 valence electrons. The minimum absolute atomic E-state index is 0.000959. The number of rotatable bonds is 11. The molecule has 8 nitrogen and oxygen atoms in total. The van der Waals surface area contributed by atoms with Gasteiger partial charge in [-0.25, -0.2) is 17.9 Å². The van der Waals surface area contributed by atoms with Crippen molar-refractivity contribution in [3.63, 3.8) is 0 Å². The number of benzene rings is 3. The first-order chi connectivity index (χ1) is 16.7. The summed E-state index contributed by atoms with van der Waals surface area (Å²) in [4.78, 5) is 12.6. The summed E-state index contributed by atoms with van der Waals surface area (Å²) in [5.74, 6) is -0.795. The third-order valence-electron chi connectivity index (χ3n) is 5.53. The number of ether oxygens (including phenoxy) is 1. The van der Waals surface area contributed by atoms with Gasteiger partial charge >= 0.3 is 5.97 Å². The van der Waals surface area contributed by atoms with Gasteiger partial charge in [0, 0.05) is 17.8 Å². The second kappa shape index (κ2) is 11.0. The molecular formula is C26H27N3O5S. The highest BCUT2D eigenvalue weighted by Crippen LogP contribution is 2.35. The van der Waals surface area contributed by atoms with Gasteiger partial charge in [-0.1, -0.05) is 31.2 Å². The third-order valence-corrected chi connectivity index (χ3v) is 7.01. The van der Waals surface area contributed by atoms with Gasteiger partial charge in [-0.15, -0.1) is 0 Å². The lowest BCUT2D eigenvalue weighted by Crippen LogP contribution is -2.41. The maximum absolute atomic E-state index is 12.5. The summed E-state index contributed by atoms with van der Waals surface area (Å²) in [7, 11) is -3.68. The van der Waals surface area contributed by atoms with Gasteiger partial charge in [-0.2, -0.15) is 5.26 Å². The monoisotopic (exact) mass is 493 g/mol. The van der Waals surface area contributed by atoms with E-state index in [1.807, 2.05) is 19.1 Å². The molecule has 3 N–H and O–H groups in total. The molecule has 0 spiro atoms. The Bertz CT molecular complexity index is 1320. The van der Waals surface area contributed by atoms with Gasteiger partial charge < -0.3 is 15.2 Å². The van der Waals surface area contributed by atoms with Crippen LogP contribution >= 0.6 is 0 Å². The van der Waals surface area contributed by atoms with E-state index in [9.17, 15) is 18.3 Å². The number of nitrogens with one attached hydrogen (secondary N) is 2. The van der Waals surface area contributed by atoms with Crippen LogP contribution in [0.15, 0.2) is 77.7 Å². The second-order valence-corrected chi connectivity index (χ2v) is 9.75. The highest BCUT2D eigenvalue weighted by molar-refractivity contribution is 7.89. The number of nitriles is 1. The first-order valence-corrected chi connectivity index (χ1v) is 12.5. The molecule has 0 aliphatic carbocycles. The molecule has 0 aliphatic rings. The fraction of sp³-hybridized carbons (Fsp3) is 0.231. The molecule has 0 radical (unpaired) electrons. The molecule has 0 heterocycles. The Kier molecular flexibility index (Phi) is 8.12. The lowest BCUT2D eigenvalue weighted by atomic mass is 9.89. The lowest BCUT2D eigenvalue weighted by molar-refractivity contribution is -0.142. The van der Waals surface area contributed by atoms with Crippen molar-refractivity contribution in [1.82, 2.24) is 4.72 Å². The van der Waals surface area contributed by atoms with Crippen molar-refractivity contribution in [1.29, 1.82) is 5.26 Å². The zero-order valence-electron chi connectivity index (χ0n) is 19.5. The Hall–Kier alpha value is -3.87. The number of aliphatic carboxylic acids is 1. The molecule has 1 atom stereocenters. The molecule has 0 aliphatic heterocycles. The van der Waals surface area contributed by atoms with Gasteiger partial charge in [-0.05, 0) is 67.4 Å². The summed E-state index contributed by atoms with van der Waals surface area (Å²) in [6.45, 7) is 3.49. The smallest absolute Gasteiger partial charge is 0.333 e. The number of hydrogen-bond acceptors (Lipinski definition) is 6. The molecule has 35 heavy (non-hydrogen) atoms. The van der Waals surface area contributed by atoms with Gasteiger partial charge in [0.1, 0.15) is 12.4 Å². The van der Waals surface area contributed by atoms with Crippen LogP contribution in [0.5, 0.6) is 5.75 Å². The molecular weight excluding hydrogens is 466 g/mol. The molecule has 0 saturated carbocycles.